The van der Waals surface area contributed by atoms with E-state index in [4.69, 9.17) is 4.74 Å². The summed E-state index contributed by atoms with van der Waals surface area (Å²) in [6.07, 6.45) is 0. The number of hydrogen-bond acceptors (Lipinski definition) is 3. The smallest absolute Gasteiger partial charge is 0.257 e. The van der Waals surface area contributed by atoms with E-state index in [1.807, 2.05) is 54.2 Å². The lowest BCUT2D eigenvalue weighted by Gasteiger charge is -2.17. The minimum Gasteiger partial charge on any atom is -0.483 e. The van der Waals surface area contributed by atoms with E-state index in [-0.39, 0.29) is 17.3 Å². The van der Waals surface area contributed by atoms with Gasteiger partial charge >= 0.3 is 0 Å². The first-order valence-corrected chi connectivity index (χ1v) is 8.45. The molecule has 0 radical (unpaired) electrons. The van der Waals surface area contributed by atoms with Crippen LogP contribution in [0.1, 0.15) is 20.8 Å². The van der Waals surface area contributed by atoms with Crippen molar-refractivity contribution in [2.45, 2.75) is 25.5 Å². The van der Waals surface area contributed by atoms with Crippen LogP contribution in [-0.2, 0) is 4.79 Å². The molecule has 0 atom stereocenters. The molecule has 1 amide bonds. The zero-order valence-corrected chi connectivity index (χ0v) is 14.2. The molecule has 0 saturated carbocycles. The summed E-state index contributed by atoms with van der Waals surface area (Å²) >= 11 is 1.84. The molecule has 4 heteroatoms. The number of ether oxygens (including phenoxy) is 1. The summed E-state index contributed by atoms with van der Waals surface area (Å²) < 4.78 is 5.89. The summed E-state index contributed by atoms with van der Waals surface area (Å²) in [6.45, 7) is 7.23. The van der Waals surface area contributed by atoms with Crippen molar-refractivity contribution in [1.82, 2.24) is 5.32 Å². The summed E-state index contributed by atoms with van der Waals surface area (Å²) in [5.41, 5.74) is 0. The number of amides is 1. The van der Waals surface area contributed by atoms with Crippen molar-refractivity contribution in [2.24, 2.45) is 0 Å². The van der Waals surface area contributed by atoms with Gasteiger partial charge in [-0.25, -0.2) is 0 Å². The minimum absolute atomic E-state index is 0.0498. The number of carbonyl (C=O) groups excluding carboxylic acids is 1. The van der Waals surface area contributed by atoms with Crippen LogP contribution in [-0.4, -0.2) is 29.6 Å². The van der Waals surface area contributed by atoms with Crippen molar-refractivity contribution in [1.29, 1.82) is 0 Å². The molecule has 0 aromatic heterocycles. The van der Waals surface area contributed by atoms with Gasteiger partial charge in [-0.3, -0.25) is 4.79 Å². The van der Waals surface area contributed by atoms with Crippen molar-refractivity contribution in [3.8, 4) is 5.75 Å². The number of rotatable bonds is 6. The van der Waals surface area contributed by atoms with Crippen molar-refractivity contribution < 1.29 is 9.53 Å². The zero-order chi connectivity index (χ0) is 16.0. The molecule has 0 spiro atoms. The molecule has 3 nitrogen and oxygen atoms in total. The molecule has 118 valence electrons. The Morgan fingerprint density at radius 3 is 2.64 bits per heavy atom. The van der Waals surface area contributed by atoms with Crippen LogP contribution in [0.3, 0.4) is 0 Å². The Kier molecular flexibility index (Phi) is 5.72. The number of thioether (sulfide) groups is 1. The van der Waals surface area contributed by atoms with Gasteiger partial charge in [0.25, 0.3) is 5.91 Å². The monoisotopic (exact) mass is 317 g/mol. The first kappa shape index (κ1) is 16.7. The molecule has 0 saturated heterocycles. The molecule has 0 fully saturated rings. The first-order valence-electron chi connectivity index (χ1n) is 7.47. The fraction of sp³-hybridized carbons (Fsp3) is 0.389. The van der Waals surface area contributed by atoms with Crippen molar-refractivity contribution in [3.63, 3.8) is 0 Å². The molecule has 0 heterocycles. The molecule has 2 aromatic carbocycles. The van der Waals surface area contributed by atoms with Gasteiger partial charge in [-0.2, -0.15) is 11.8 Å². The van der Waals surface area contributed by atoms with Crippen LogP contribution >= 0.6 is 11.8 Å². The van der Waals surface area contributed by atoms with Gasteiger partial charge in [0.15, 0.2) is 6.61 Å². The average Bonchev–Trinajstić information content (AvgIpc) is 2.48. The Balaban J connectivity index is 1.81. The molecule has 0 unspecified atom stereocenters. The Morgan fingerprint density at radius 2 is 1.86 bits per heavy atom. The molecule has 0 bridgehead atoms. The molecule has 0 aliphatic carbocycles. The second-order valence-electron chi connectivity index (χ2n) is 6.08. The Bertz CT molecular complexity index is 629. The van der Waals surface area contributed by atoms with Gasteiger partial charge in [0.2, 0.25) is 0 Å². The second-order valence-corrected chi connectivity index (χ2v) is 8.00. The summed E-state index contributed by atoms with van der Waals surface area (Å²) in [4.78, 5) is 11.8. The number of fused-ring (bicyclic) bond motifs is 1. The number of carbonyl (C=O) groups is 1. The van der Waals surface area contributed by atoms with Crippen LogP contribution in [0.15, 0.2) is 42.5 Å². The van der Waals surface area contributed by atoms with Crippen LogP contribution in [0, 0.1) is 0 Å². The van der Waals surface area contributed by atoms with Crippen molar-refractivity contribution in [3.05, 3.63) is 42.5 Å². The highest BCUT2D eigenvalue weighted by atomic mass is 32.2. The predicted molar refractivity (Wildman–Crippen MR) is 94.7 cm³/mol. The highest BCUT2D eigenvalue weighted by molar-refractivity contribution is 8.00. The Morgan fingerprint density at radius 1 is 1.14 bits per heavy atom. The van der Waals surface area contributed by atoms with Gasteiger partial charge < -0.3 is 10.1 Å². The summed E-state index contributed by atoms with van der Waals surface area (Å²) in [5, 5.41) is 5.03. The maximum Gasteiger partial charge on any atom is 0.257 e. The van der Waals surface area contributed by atoms with E-state index in [0.717, 1.165) is 22.3 Å². The Labute approximate surface area is 136 Å². The molecular formula is C18H23NO2S. The quantitative estimate of drug-likeness (QED) is 0.822. The largest absolute Gasteiger partial charge is 0.483 e. The Hall–Kier alpha value is -1.68. The maximum absolute atomic E-state index is 11.8. The predicted octanol–water partition coefficient (Wildman–Crippen LogP) is 3.87. The van der Waals surface area contributed by atoms with Gasteiger partial charge in [0.1, 0.15) is 5.75 Å². The fourth-order valence-electron chi connectivity index (χ4n) is 2.06. The summed E-state index contributed by atoms with van der Waals surface area (Å²) in [5.74, 6) is 1.57. The van der Waals surface area contributed by atoms with E-state index in [2.05, 4.69) is 26.1 Å². The van der Waals surface area contributed by atoms with E-state index in [9.17, 15) is 4.79 Å². The highest BCUT2D eigenvalue weighted by Gasteiger charge is 2.10. The van der Waals surface area contributed by atoms with E-state index in [1.165, 1.54) is 0 Å². The standard InChI is InChI=1S/C18H23NO2S/c1-18(2,3)22-12-11-19-17(20)13-21-16-10-6-8-14-7-4-5-9-15(14)16/h4-10H,11-13H2,1-3H3,(H,19,20). The van der Waals surface area contributed by atoms with E-state index in [0.29, 0.717) is 6.54 Å². The molecule has 0 aliphatic rings. The van der Waals surface area contributed by atoms with E-state index >= 15 is 0 Å². The lowest BCUT2D eigenvalue weighted by Crippen LogP contribution is -2.31. The molecular weight excluding hydrogens is 294 g/mol. The third-order valence-corrected chi connectivity index (χ3v) is 4.34. The molecule has 0 aliphatic heterocycles. The normalized spacial score (nSPS) is 11.4. The topological polar surface area (TPSA) is 38.3 Å². The number of benzene rings is 2. The number of nitrogens with one attached hydrogen (secondary N) is 1. The third-order valence-electron chi connectivity index (χ3n) is 3.07. The molecule has 1 N–H and O–H groups in total. The van der Waals surface area contributed by atoms with Crippen LogP contribution in [0.4, 0.5) is 0 Å². The average molecular weight is 317 g/mol. The van der Waals surface area contributed by atoms with Gasteiger partial charge in [-0.05, 0) is 11.5 Å². The molecule has 22 heavy (non-hydrogen) atoms. The first-order chi connectivity index (χ1) is 10.5. The molecule has 2 rings (SSSR count). The van der Waals surface area contributed by atoms with Crippen LogP contribution in [0.5, 0.6) is 5.75 Å². The minimum atomic E-state index is -0.0811. The fourth-order valence-corrected chi connectivity index (χ4v) is 2.88. The van der Waals surface area contributed by atoms with E-state index < -0.39 is 0 Å². The highest BCUT2D eigenvalue weighted by Crippen LogP contribution is 2.25. The van der Waals surface area contributed by atoms with Crippen LogP contribution in [0.25, 0.3) is 10.8 Å². The van der Waals surface area contributed by atoms with Gasteiger partial charge in [0, 0.05) is 22.4 Å². The van der Waals surface area contributed by atoms with Gasteiger partial charge in [-0.15, -0.1) is 0 Å². The summed E-state index contributed by atoms with van der Waals surface area (Å²) in [7, 11) is 0. The lowest BCUT2D eigenvalue weighted by atomic mass is 10.1. The van der Waals surface area contributed by atoms with E-state index in [1.54, 1.807) is 0 Å². The van der Waals surface area contributed by atoms with Crippen molar-refractivity contribution in [2.75, 3.05) is 18.9 Å². The van der Waals surface area contributed by atoms with Crippen LogP contribution < -0.4 is 10.1 Å². The van der Waals surface area contributed by atoms with Crippen LogP contribution in [0.2, 0.25) is 0 Å². The molecule has 2 aromatic rings. The summed E-state index contributed by atoms with van der Waals surface area (Å²) in [6, 6.07) is 13.9. The number of hydrogen-bond donors (Lipinski definition) is 1. The maximum atomic E-state index is 11.8. The second kappa shape index (κ2) is 7.54. The SMILES string of the molecule is CC(C)(C)SCCNC(=O)COc1cccc2ccccc12. The van der Waals surface area contributed by atoms with Crippen molar-refractivity contribution >= 4 is 28.4 Å². The van der Waals surface area contributed by atoms with Gasteiger partial charge in [-0.1, -0.05) is 57.2 Å². The van der Waals surface area contributed by atoms with Gasteiger partial charge in [0.05, 0.1) is 0 Å². The third kappa shape index (κ3) is 5.26. The zero-order valence-electron chi connectivity index (χ0n) is 13.4. The lowest BCUT2D eigenvalue weighted by molar-refractivity contribution is -0.122.